The molecule has 0 amide bonds. The summed E-state index contributed by atoms with van der Waals surface area (Å²) in [6.07, 6.45) is 1.53. The summed E-state index contributed by atoms with van der Waals surface area (Å²) < 4.78 is 23.7. The number of H-pyrrole nitrogens is 3. The van der Waals surface area contributed by atoms with Crippen LogP contribution in [0.1, 0.15) is 5.56 Å². The molecule has 8 N–H and O–H groups in total. The minimum absolute atomic E-state index is 0.102. The van der Waals surface area contributed by atoms with Gasteiger partial charge in [-0.15, -0.1) is 0 Å². The summed E-state index contributed by atoms with van der Waals surface area (Å²) in [6.45, 7) is -0.242. The number of hydrogen-bond donors (Lipinski definition) is 7. The SMILES string of the molecule is NS(=O)(=O)NC[C@@H](CO)NCc1c[nH]c2c(=O)[nH]c(=O)[nH]c12. The summed E-state index contributed by atoms with van der Waals surface area (Å²) in [5.74, 6) is 0. The van der Waals surface area contributed by atoms with E-state index in [2.05, 4.69) is 25.0 Å². The minimum atomic E-state index is -3.85. The molecule has 0 aromatic carbocycles. The molecule has 0 aliphatic heterocycles. The molecule has 0 fully saturated rings. The number of aliphatic hydroxyl groups excluding tert-OH is 1. The number of aromatic amines is 3. The number of rotatable bonds is 7. The third-order valence-electron chi connectivity index (χ3n) is 2.99. The Balaban J connectivity index is 2.11. The van der Waals surface area contributed by atoms with Crippen LogP contribution in [0.4, 0.5) is 0 Å². The van der Waals surface area contributed by atoms with Crippen LogP contribution in [0, 0.1) is 0 Å². The highest BCUT2D eigenvalue weighted by Gasteiger charge is 2.13. The van der Waals surface area contributed by atoms with Gasteiger partial charge in [-0.05, 0) is 0 Å². The summed E-state index contributed by atoms with van der Waals surface area (Å²) in [4.78, 5) is 30.2. The van der Waals surface area contributed by atoms with E-state index in [0.29, 0.717) is 11.1 Å². The van der Waals surface area contributed by atoms with Crippen molar-refractivity contribution in [2.45, 2.75) is 12.6 Å². The molecule has 0 aliphatic rings. The Morgan fingerprint density at radius 2 is 2.00 bits per heavy atom. The smallest absolute Gasteiger partial charge is 0.326 e. The van der Waals surface area contributed by atoms with Crippen molar-refractivity contribution in [1.82, 2.24) is 25.0 Å². The molecule has 12 heteroatoms. The monoisotopic (exact) mass is 332 g/mol. The first kappa shape index (κ1) is 16.4. The molecule has 0 saturated carbocycles. The fourth-order valence-corrected chi connectivity index (χ4v) is 2.34. The third-order valence-corrected chi connectivity index (χ3v) is 3.56. The molecule has 0 bridgehead atoms. The fourth-order valence-electron chi connectivity index (χ4n) is 1.91. The molecule has 0 radical (unpaired) electrons. The lowest BCUT2D eigenvalue weighted by Gasteiger charge is -2.15. The van der Waals surface area contributed by atoms with Gasteiger partial charge >= 0.3 is 5.69 Å². The Bertz CT molecular complexity index is 866. The zero-order valence-electron chi connectivity index (χ0n) is 11.3. The number of aromatic nitrogens is 3. The van der Waals surface area contributed by atoms with Gasteiger partial charge in [-0.1, -0.05) is 0 Å². The highest BCUT2D eigenvalue weighted by Crippen LogP contribution is 2.10. The van der Waals surface area contributed by atoms with Crippen LogP contribution in [0.25, 0.3) is 11.0 Å². The Hall–Kier alpha value is -1.99. The maximum Gasteiger partial charge on any atom is 0.326 e. The van der Waals surface area contributed by atoms with Crippen molar-refractivity contribution < 1.29 is 13.5 Å². The van der Waals surface area contributed by atoms with E-state index in [1.807, 2.05) is 0 Å². The second-order valence-electron chi connectivity index (χ2n) is 4.63. The summed E-state index contributed by atoms with van der Waals surface area (Å²) in [6, 6.07) is -0.586. The zero-order valence-corrected chi connectivity index (χ0v) is 12.2. The highest BCUT2D eigenvalue weighted by atomic mass is 32.2. The molecular weight excluding hydrogens is 316 g/mol. The van der Waals surface area contributed by atoms with Gasteiger partial charge < -0.3 is 20.4 Å². The van der Waals surface area contributed by atoms with Gasteiger partial charge in [-0.25, -0.2) is 14.7 Å². The zero-order chi connectivity index (χ0) is 16.3. The summed E-state index contributed by atoms with van der Waals surface area (Å²) in [7, 11) is -3.85. The Labute approximate surface area is 124 Å². The van der Waals surface area contributed by atoms with E-state index >= 15 is 0 Å². The van der Waals surface area contributed by atoms with Gasteiger partial charge in [0.2, 0.25) is 0 Å². The van der Waals surface area contributed by atoms with E-state index in [1.54, 1.807) is 0 Å². The van der Waals surface area contributed by atoms with Crippen molar-refractivity contribution >= 4 is 21.2 Å². The number of nitrogens with two attached hydrogens (primary N) is 1. The largest absolute Gasteiger partial charge is 0.395 e. The van der Waals surface area contributed by atoms with E-state index in [9.17, 15) is 23.1 Å². The molecule has 0 unspecified atom stereocenters. The van der Waals surface area contributed by atoms with E-state index in [-0.39, 0.29) is 25.2 Å². The van der Waals surface area contributed by atoms with Gasteiger partial charge in [0.15, 0.2) is 0 Å². The van der Waals surface area contributed by atoms with Gasteiger partial charge in [0.25, 0.3) is 15.8 Å². The number of hydrogen-bond acceptors (Lipinski definition) is 6. The average Bonchev–Trinajstić information content (AvgIpc) is 2.81. The van der Waals surface area contributed by atoms with E-state index in [1.165, 1.54) is 6.20 Å². The molecule has 0 spiro atoms. The van der Waals surface area contributed by atoms with Gasteiger partial charge in [0, 0.05) is 30.9 Å². The highest BCUT2D eigenvalue weighted by molar-refractivity contribution is 7.87. The molecule has 11 nitrogen and oxygen atoms in total. The van der Waals surface area contributed by atoms with E-state index in [4.69, 9.17) is 5.14 Å². The van der Waals surface area contributed by atoms with E-state index < -0.39 is 27.5 Å². The molecule has 0 saturated heterocycles. The third kappa shape index (κ3) is 4.02. The Kier molecular flexibility index (Phi) is 4.77. The first-order valence-corrected chi connectivity index (χ1v) is 7.79. The van der Waals surface area contributed by atoms with Crippen LogP contribution in [0.2, 0.25) is 0 Å². The van der Waals surface area contributed by atoms with E-state index in [0.717, 1.165) is 0 Å². The number of fused-ring (bicyclic) bond motifs is 1. The second kappa shape index (κ2) is 6.41. The first-order chi connectivity index (χ1) is 10.3. The summed E-state index contributed by atoms with van der Waals surface area (Å²) in [5.41, 5.74) is -0.0169. The molecular formula is C10H16N6O5S. The second-order valence-corrected chi connectivity index (χ2v) is 6.00. The van der Waals surface area contributed by atoms with Crippen LogP contribution in [-0.4, -0.2) is 47.7 Å². The molecule has 2 heterocycles. The lowest BCUT2D eigenvalue weighted by atomic mass is 10.2. The van der Waals surface area contributed by atoms with Crippen LogP contribution < -0.4 is 26.4 Å². The van der Waals surface area contributed by atoms with Crippen LogP contribution in [0.15, 0.2) is 15.8 Å². The molecule has 1 atom stereocenters. The maximum atomic E-state index is 11.6. The van der Waals surface area contributed by atoms with Crippen molar-refractivity contribution in [2.75, 3.05) is 13.2 Å². The van der Waals surface area contributed by atoms with Crippen molar-refractivity contribution in [3.63, 3.8) is 0 Å². The number of nitrogens with one attached hydrogen (secondary N) is 5. The summed E-state index contributed by atoms with van der Waals surface area (Å²) in [5, 5.41) is 16.9. The molecule has 22 heavy (non-hydrogen) atoms. The Morgan fingerprint density at radius 3 is 2.64 bits per heavy atom. The van der Waals surface area contributed by atoms with Crippen molar-refractivity contribution in [3.8, 4) is 0 Å². The van der Waals surface area contributed by atoms with Gasteiger partial charge in [0.05, 0.1) is 12.1 Å². The average molecular weight is 332 g/mol. The first-order valence-electron chi connectivity index (χ1n) is 6.24. The van der Waals surface area contributed by atoms with Crippen LogP contribution in [0.3, 0.4) is 0 Å². The molecule has 0 aliphatic carbocycles. The van der Waals surface area contributed by atoms with Crippen molar-refractivity contribution in [1.29, 1.82) is 0 Å². The predicted molar refractivity (Wildman–Crippen MR) is 78.4 cm³/mol. The minimum Gasteiger partial charge on any atom is -0.395 e. The summed E-state index contributed by atoms with van der Waals surface area (Å²) >= 11 is 0. The van der Waals surface area contributed by atoms with Crippen LogP contribution >= 0.6 is 0 Å². The fraction of sp³-hybridized carbons (Fsp3) is 0.400. The topological polar surface area (TPSA) is 186 Å². The van der Waals surface area contributed by atoms with Gasteiger partial charge in [-0.2, -0.15) is 8.42 Å². The molecule has 2 aromatic heterocycles. The molecule has 2 rings (SSSR count). The van der Waals surface area contributed by atoms with Crippen molar-refractivity contribution in [3.05, 3.63) is 32.6 Å². The van der Waals surface area contributed by atoms with Crippen LogP contribution in [-0.2, 0) is 16.8 Å². The maximum absolute atomic E-state index is 11.6. The lowest BCUT2D eigenvalue weighted by molar-refractivity contribution is 0.242. The lowest BCUT2D eigenvalue weighted by Crippen LogP contribution is -2.44. The van der Waals surface area contributed by atoms with Gasteiger partial charge in [0.1, 0.15) is 5.52 Å². The molecule has 122 valence electrons. The standard InChI is InChI=1S/C10H16N6O5S/c11-22(20,21)14-3-6(4-17)12-1-5-2-13-8-7(5)15-10(19)16-9(8)18/h2,6,12-14,17H,1,3-4H2,(H2,11,20,21)(H2,15,16,18,19)/t6-/m0/s1. The predicted octanol–water partition coefficient (Wildman–Crippen LogP) is -3.21. The van der Waals surface area contributed by atoms with Gasteiger partial charge in [-0.3, -0.25) is 9.78 Å². The number of aliphatic hydroxyl groups is 1. The van der Waals surface area contributed by atoms with Crippen molar-refractivity contribution in [2.24, 2.45) is 5.14 Å². The van der Waals surface area contributed by atoms with Crippen LogP contribution in [0.5, 0.6) is 0 Å². The Morgan fingerprint density at radius 1 is 1.27 bits per heavy atom. The normalized spacial score (nSPS) is 13.5. The molecule has 2 aromatic rings. The quantitative estimate of drug-likeness (QED) is 0.279.